The summed E-state index contributed by atoms with van der Waals surface area (Å²) in [5.41, 5.74) is 2.12. The average molecular weight is 338 g/mol. The van der Waals surface area contributed by atoms with Crippen LogP contribution in [0.3, 0.4) is 0 Å². The number of carbonyl (C=O) groups excluding carboxylic acids is 1. The van der Waals surface area contributed by atoms with Crippen molar-refractivity contribution >= 4 is 22.6 Å². The predicted octanol–water partition coefficient (Wildman–Crippen LogP) is 1.50. The van der Waals surface area contributed by atoms with Crippen LogP contribution < -0.4 is 16.6 Å². The Kier molecular flexibility index (Phi) is 4.00. The highest BCUT2D eigenvalue weighted by Gasteiger charge is 2.14. The summed E-state index contributed by atoms with van der Waals surface area (Å²) in [4.78, 5) is 40.9. The largest absolute Gasteiger partial charge is 0.332 e. The SMILES string of the molecule is Cc1ccc(NC(=O)c2ccc3c(=O)n(C)c(=O)n(C)c3n2)c(C)c1. The van der Waals surface area contributed by atoms with E-state index < -0.39 is 17.2 Å². The van der Waals surface area contributed by atoms with Crippen LogP contribution in [0.1, 0.15) is 21.6 Å². The summed E-state index contributed by atoms with van der Waals surface area (Å²) < 4.78 is 2.27. The van der Waals surface area contributed by atoms with Gasteiger partial charge in [0.25, 0.3) is 11.5 Å². The van der Waals surface area contributed by atoms with Crippen LogP contribution >= 0.6 is 0 Å². The van der Waals surface area contributed by atoms with Crippen molar-refractivity contribution in [2.24, 2.45) is 14.1 Å². The van der Waals surface area contributed by atoms with Crippen molar-refractivity contribution in [3.8, 4) is 0 Å². The van der Waals surface area contributed by atoms with E-state index in [9.17, 15) is 14.4 Å². The van der Waals surface area contributed by atoms with Gasteiger partial charge in [0.05, 0.1) is 5.39 Å². The fourth-order valence-corrected chi connectivity index (χ4v) is 2.72. The number of nitrogens with zero attached hydrogens (tertiary/aromatic N) is 3. The van der Waals surface area contributed by atoms with Gasteiger partial charge in [-0.3, -0.25) is 18.7 Å². The monoisotopic (exact) mass is 338 g/mol. The van der Waals surface area contributed by atoms with Gasteiger partial charge in [0.1, 0.15) is 11.3 Å². The molecule has 0 aliphatic carbocycles. The van der Waals surface area contributed by atoms with E-state index in [0.717, 1.165) is 15.7 Å². The first-order valence-corrected chi connectivity index (χ1v) is 7.75. The number of hydrogen-bond acceptors (Lipinski definition) is 4. The summed E-state index contributed by atoms with van der Waals surface area (Å²) in [7, 11) is 2.92. The van der Waals surface area contributed by atoms with Crippen molar-refractivity contribution in [3.05, 3.63) is 68.0 Å². The molecule has 1 N–H and O–H groups in total. The number of carbonyl (C=O) groups is 1. The van der Waals surface area contributed by atoms with Crippen molar-refractivity contribution < 1.29 is 4.79 Å². The van der Waals surface area contributed by atoms with E-state index in [1.807, 2.05) is 32.0 Å². The minimum absolute atomic E-state index is 0.135. The number of rotatable bonds is 2. The Hall–Kier alpha value is -3.22. The third kappa shape index (κ3) is 2.84. The number of hydrogen-bond donors (Lipinski definition) is 1. The molecule has 0 spiro atoms. The lowest BCUT2D eigenvalue weighted by molar-refractivity contribution is 0.102. The van der Waals surface area contributed by atoms with Crippen LogP contribution in [0.15, 0.2) is 39.9 Å². The van der Waals surface area contributed by atoms with Crippen molar-refractivity contribution in [2.75, 3.05) is 5.32 Å². The molecule has 1 amide bonds. The number of nitrogens with one attached hydrogen (secondary N) is 1. The summed E-state index contributed by atoms with van der Waals surface area (Å²) in [6, 6.07) is 8.70. The number of aryl methyl sites for hydroxylation is 3. The molecule has 7 heteroatoms. The highest BCUT2D eigenvalue weighted by atomic mass is 16.2. The maximum Gasteiger partial charge on any atom is 0.332 e. The second-order valence-corrected chi connectivity index (χ2v) is 6.05. The molecule has 0 radical (unpaired) electrons. The van der Waals surface area contributed by atoms with E-state index in [1.165, 1.54) is 30.8 Å². The van der Waals surface area contributed by atoms with Crippen LogP contribution in [-0.2, 0) is 14.1 Å². The van der Waals surface area contributed by atoms with Gasteiger partial charge in [-0.25, -0.2) is 9.78 Å². The number of pyridine rings is 1. The third-order valence-corrected chi connectivity index (χ3v) is 4.16. The Bertz CT molecular complexity index is 1130. The molecule has 0 saturated heterocycles. The summed E-state index contributed by atoms with van der Waals surface area (Å²) >= 11 is 0. The van der Waals surface area contributed by atoms with Crippen LogP contribution in [0.5, 0.6) is 0 Å². The molecule has 0 atom stereocenters. The quantitative estimate of drug-likeness (QED) is 0.767. The Balaban J connectivity index is 2.06. The Morgan fingerprint density at radius 1 is 1.04 bits per heavy atom. The number of anilines is 1. The highest BCUT2D eigenvalue weighted by molar-refractivity contribution is 6.04. The van der Waals surface area contributed by atoms with Gasteiger partial charge in [0.2, 0.25) is 0 Å². The van der Waals surface area contributed by atoms with Gasteiger partial charge >= 0.3 is 5.69 Å². The summed E-state index contributed by atoms with van der Waals surface area (Å²) in [6.45, 7) is 3.88. The van der Waals surface area contributed by atoms with Gasteiger partial charge in [-0.15, -0.1) is 0 Å². The van der Waals surface area contributed by atoms with Crippen molar-refractivity contribution in [1.82, 2.24) is 14.1 Å². The maximum absolute atomic E-state index is 12.5. The second-order valence-electron chi connectivity index (χ2n) is 6.05. The van der Waals surface area contributed by atoms with Crippen LogP contribution in [0, 0.1) is 13.8 Å². The van der Waals surface area contributed by atoms with Gasteiger partial charge in [-0.2, -0.15) is 0 Å². The van der Waals surface area contributed by atoms with E-state index >= 15 is 0 Å². The summed E-state index contributed by atoms with van der Waals surface area (Å²) in [6.07, 6.45) is 0. The molecule has 128 valence electrons. The molecule has 25 heavy (non-hydrogen) atoms. The van der Waals surface area contributed by atoms with E-state index in [0.29, 0.717) is 5.69 Å². The zero-order valence-electron chi connectivity index (χ0n) is 14.5. The molecule has 0 saturated carbocycles. The molecule has 3 aromatic rings. The van der Waals surface area contributed by atoms with Crippen molar-refractivity contribution in [3.63, 3.8) is 0 Å². The van der Waals surface area contributed by atoms with Crippen LogP contribution in [0.25, 0.3) is 11.0 Å². The number of benzene rings is 1. The molecular weight excluding hydrogens is 320 g/mol. The third-order valence-electron chi connectivity index (χ3n) is 4.16. The summed E-state index contributed by atoms with van der Waals surface area (Å²) in [5.74, 6) is -0.401. The van der Waals surface area contributed by atoms with E-state index in [-0.39, 0.29) is 16.7 Å². The van der Waals surface area contributed by atoms with Gasteiger partial charge in [0.15, 0.2) is 0 Å². The smallest absolute Gasteiger partial charge is 0.320 e. The van der Waals surface area contributed by atoms with Crippen LogP contribution in [0.4, 0.5) is 5.69 Å². The normalized spacial score (nSPS) is 10.9. The van der Waals surface area contributed by atoms with Crippen LogP contribution in [0.2, 0.25) is 0 Å². The minimum atomic E-state index is -0.489. The molecule has 0 aliphatic heterocycles. The molecule has 7 nitrogen and oxygen atoms in total. The average Bonchev–Trinajstić information content (AvgIpc) is 2.60. The molecule has 0 unspecified atom stereocenters. The first-order valence-electron chi connectivity index (χ1n) is 7.75. The first-order chi connectivity index (χ1) is 11.8. The van der Waals surface area contributed by atoms with E-state index in [2.05, 4.69) is 10.3 Å². The van der Waals surface area contributed by atoms with Crippen LogP contribution in [-0.4, -0.2) is 20.0 Å². The molecule has 2 aromatic heterocycles. The van der Waals surface area contributed by atoms with Gasteiger partial charge in [-0.05, 0) is 37.6 Å². The molecule has 0 aliphatic rings. The van der Waals surface area contributed by atoms with Gasteiger partial charge in [0, 0.05) is 19.8 Å². The number of fused-ring (bicyclic) bond motifs is 1. The standard InChI is InChI=1S/C18H18N4O3/c1-10-5-7-13(11(2)9-10)20-16(23)14-8-6-12-15(19-14)21(3)18(25)22(4)17(12)24/h5-9H,1-4H3,(H,20,23). The van der Waals surface area contributed by atoms with E-state index in [4.69, 9.17) is 0 Å². The molecule has 0 fully saturated rings. The molecule has 1 aromatic carbocycles. The predicted molar refractivity (Wildman–Crippen MR) is 96.1 cm³/mol. The maximum atomic E-state index is 12.5. The Labute approximate surface area is 143 Å². The molecule has 2 heterocycles. The number of aromatic nitrogens is 3. The fourth-order valence-electron chi connectivity index (χ4n) is 2.72. The zero-order chi connectivity index (χ0) is 18.3. The molecule has 3 rings (SSSR count). The second kappa shape index (κ2) is 6.01. The first kappa shape index (κ1) is 16.6. The zero-order valence-corrected chi connectivity index (χ0v) is 14.5. The molecular formula is C18H18N4O3. The lowest BCUT2D eigenvalue weighted by Gasteiger charge is -2.10. The fraction of sp³-hybridized carbons (Fsp3) is 0.222. The minimum Gasteiger partial charge on any atom is -0.320 e. The Morgan fingerprint density at radius 2 is 1.76 bits per heavy atom. The lowest BCUT2D eigenvalue weighted by atomic mass is 10.1. The van der Waals surface area contributed by atoms with Gasteiger partial charge < -0.3 is 5.32 Å². The molecule has 0 bridgehead atoms. The Morgan fingerprint density at radius 3 is 2.44 bits per heavy atom. The lowest BCUT2D eigenvalue weighted by Crippen LogP contribution is -2.37. The van der Waals surface area contributed by atoms with Crippen molar-refractivity contribution in [1.29, 1.82) is 0 Å². The topological polar surface area (TPSA) is 86.0 Å². The highest BCUT2D eigenvalue weighted by Crippen LogP contribution is 2.17. The van der Waals surface area contributed by atoms with Crippen molar-refractivity contribution in [2.45, 2.75) is 13.8 Å². The number of amides is 1. The summed E-state index contributed by atoms with van der Waals surface area (Å²) in [5, 5.41) is 3.09. The van der Waals surface area contributed by atoms with Gasteiger partial charge in [-0.1, -0.05) is 17.7 Å². The van der Waals surface area contributed by atoms with E-state index in [1.54, 1.807) is 0 Å².